The van der Waals surface area contributed by atoms with E-state index < -0.39 is 6.09 Å². The summed E-state index contributed by atoms with van der Waals surface area (Å²) in [6.45, 7) is 1.83. The van der Waals surface area contributed by atoms with Gasteiger partial charge in [-0.25, -0.2) is 4.79 Å². The lowest BCUT2D eigenvalue weighted by atomic mass is 10.1. The summed E-state index contributed by atoms with van der Waals surface area (Å²) in [6, 6.07) is 10.3. The molecule has 0 radical (unpaired) electrons. The SMILES string of the molecule is Cc1cccnc1C(=O)/C=C/c1ccc(NC(=O)O)cc1. The van der Waals surface area contributed by atoms with E-state index in [1.165, 1.54) is 6.08 Å². The van der Waals surface area contributed by atoms with E-state index in [9.17, 15) is 9.59 Å². The number of nitrogens with zero attached hydrogens (tertiary/aromatic N) is 1. The first-order valence-corrected chi connectivity index (χ1v) is 6.30. The van der Waals surface area contributed by atoms with Crippen molar-refractivity contribution in [2.75, 3.05) is 5.32 Å². The van der Waals surface area contributed by atoms with Crippen LogP contribution < -0.4 is 5.32 Å². The summed E-state index contributed by atoms with van der Waals surface area (Å²) in [5.41, 5.74) is 2.53. The van der Waals surface area contributed by atoms with Gasteiger partial charge in [0.25, 0.3) is 0 Å². The summed E-state index contributed by atoms with van der Waals surface area (Å²) < 4.78 is 0. The van der Waals surface area contributed by atoms with Gasteiger partial charge in [0.1, 0.15) is 5.69 Å². The van der Waals surface area contributed by atoms with Crippen molar-refractivity contribution in [3.63, 3.8) is 0 Å². The Labute approximate surface area is 122 Å². The molecule has 106 valence electrons. The lowest BCUT2D eigenvalue weighted by Crippen LogP contribution is -2.06. The Kier molecular flexibility index (Phi) is 4.46. The van der Waals surface area contributed by atoms with Crippen LogP contribution in [0.3, 0.4) is 0 Å². The largest absolute Gasteiger partial charge is 0.465 e. The number of carbonyl (C=O) groups excluding carboxylic acids is 1. The van der Waals surface area contributed by atoms with E-state index in [1.54, 1.807) is 42.6 Å². The average Bonchev–Trinajstić information content (AvgIpc) is 2.46. The van der Waals surface area contributed by atoms with E-state index >= 15 is 0 Å². The van der Waals surface area contributed by atoms with Crippen LogP contribution in [0.1, 0.15) is 21.6 Å². The Bertz CT molecular complexity index is 691. The van der Waals surface area contributed by atoms with Crippen molar-refractivity contribution in [1.82, 2.24) is 4.98 Å². The minimum atomic E-state index is -1.11. The number of benzene rings is 1. The maximum atomic E-state index is 12.0. The van der Waals surface area contributed by atoms with Crippen LogP contribution in [-0.4, -0.2) is 22.0 Å². The van der Waals surface area contributed by atoms with Crippen LogP contribution in [0.15, 0.2) is 48.7 Å². The number of allylic oxidation sites excluding steroid dienone is 1. The first-order chi connectivity index (χ1) is 10.1. The molecule has 0 aliphatic carbocycles. The Balaban J connectivity index is 2.09. The third-order valence-electron chi connectivity index (χ3n) is 2.83. The van der Waals surface area contributed by atoms with Crippen molar-refractivity contribution in [3.05, 3.63) is 65.5 Å². The summed E-state index contributed by atoms with van der Waals surface area (Å²) in [5, 5.41) is 10.8. The number of aromatic nitrogens is 1. The van der Waals surface area contributed by atoms with E-state index in [0.717, 1.165) is 11.1 Å². The van der Waals surface area contributed by atoms with Gasteiger partial charge in [-0.2, -0.15) is 0 Å². The predicted octanol–water partition coefficient (Wildman–Crippen LogP) is 3.38. The summed E-state index contributed by atoms with van der Waals surface area (Å²) >= 11 is 0. The van der Waals surface area contributed by atoms with Crippen molar-refractivity contribution in [2.24, 2.45) is 0 Å². The number of carbonyl (C=O) groups is 2. The molecule has 2 aromatic rings. The third kappa shape index (κ3) is 4.01. The number of amides is 1. The number of hydrogen-bond donors (Lipinski definition) is 2. The van der Waals surface area contributed by atoms with Crippen LogP contribution in [0, 0.1) is 6.92 Å². The van der Waals surface area contributed by atoms with E-state index in [2.05, 4.69) is 10.3 Å². The van der Waals surface area contributed by atoms with Gasteiger partial charge in [0, 0.05) is 11.9 Å². The molecule has 2 rings (SSSR count). The number of ketones is 1. The molecular formula is C16H14N2O3. The van der Waals surface area contributed by atoms with E-state index in [1.807, 2.05) is 13.0 Å². The molecule has 0 aliphatic rings. The van der Waals surface area contributed by atoms with E-state index in [4.69, 9.17) is 5.11 Å². The van der Waals surface area contributed by atoms with Crippen LogP contribution in [-0.2, 0) is 0 Å². The molecule has 1 aromatic carbocycles. The Morgan fingerprint density at radius 2 is 1.90 bits per heavy atom. The molecule has 0 aliphatic heterocycles. The van der Waals surface area contributed by atoms with Gasteiger partial charge in [-0.1, -0.05) is 24.3 Å². The second-order valence-corrected chi connectivity index (χ2v) is 4.42. The van der Waals surface area contributed by atoms with Crippen molar-refractivity contribution in [2.45, 2.75) is 6.92 Å². The van der Waals surface area contributed by atoms with E-state index in [-0.39, 0.29) is 5.78 Å². The van der Waals surface area contributed by atoms with Crippen molar-refractivity contribution >= 4 is 23.6 Å². The number of rotatable bonds is 4. The number of anilines is 1. The fraction of sp³-hybridized carbons (Fsp3) is 0.0625. The number of carboxylic acid groups (broad SMARTS) is 1. The minimum Gasteiger partial charge on any atom is -0.465 e. The maximum Gasteiger partial charge on any atom is 0.409 e. The topological polar surface area (TPSA) is 79.3 Å². The molecule has 0 bridgehead atoms. The van der Waals surface area contributed by atoms with Crippen molar-refractivity contribution in [3.8, 4) is 0 Å². The highest BCUT2D eigenvalue weighted by Gasteiger charge is 2.06. The monoisotopic (exact) mass is 282 g/mol. The predicted molar refractivity (Wildman–Crippen MR) is 80.4 cm³/mol. The molecule has 0 saturated carbocycles. The van der Waals surface area contributed by atoms with Gasteiger partial charge in [0.2, 0.25) is 5.78 Å². The molecule has 0 atom stereocenters. The minimum absolute atomic E-state index is 0.166. The second kappa shape index (κ2) is 6.47. The molecule has 5 nitrogen and oxygen atoms in total. The summed E-state index contributed by atoms with van der Waals surface area (Å²) in [6.07, 6.45) is 3.59. The summed E-state index contributed by atoms with van der Waals surface area (Å²) in [4.78, 5) is 26.6. The number of aryl methyl sites for hydroxylation is 1. The van der Waals surface area contributed by atoms with Crippen LogP contribution in [0.5, 0.6) is 0 Å². The molecule has 5 heteroatoms. The fourth-order valence-electron chi connectivity index (χ4n) is 1.80. The van der Waals surface area contributed by atoms with E-state index in [0.29, 0.717) is 11.4 Å². The Hall–Kier alpha value is -2.95. The molecule has 0 unspecified atom stereocenters. The van der Waals surface area contributed by atoms with Crippen LogP contribution in [0.25, 0.3) is 6.08 Å². The molecule has 1 heterocycles. The highest BCUT2D eigenvalue weighted by molar-refractivity contribution is 6.06. The van der Waals surface area contributed by atoms with Crippen LogP contribution >= 0.6 is 0 Å². The normalized spacial score (nSPS) is 10.5. The zero-order valence-corrected chi connectivity index (χ0v) is 11.4. The van der Waals surface area contributed by atoms with Gasteiger partial charge in [-0.05, 0) is 42.3 Å². The maximum absolute atomic E-state index is 12.0. The summed E-state index contributed by atoms with van der Waals surface area (Å²) in [7, 11) is 0. The van der Waals surface area contributed by atoms with Gasteiger partial charge in [-0.15, -0.1) is 0 Å². The van der Waals surface area contributed by atoms with Gasteiger partial charge in [0.05, 0.1) is 0 Å². The molecule has 1 aromatic heterocycles. The first kappa shape index (κ1) is 14.5. The zero-order valence-electron chi connectivity index (χ0n) is 11.4. The second-order valence-electron chi connectivity index (χ2n) is 4.42. The first-order valence-electron chi connectivity index (χ1n) is 6.30. The molecule has 21 heavy (non-hydrogen) atoms. The molecule has 0 spiro atoms. The zero-order chi connectivity index (χ0) is 15.2. The number of hydrogen-bond acceptors (Lipinski definition) is 3. The quantitative estimate of drug-likeness (QED) is 0.665. The third-order valence-corrected chi connectivity index (χ3v) is 2.83. The van der Waals surface area contributed by atoms with Crippen molar-refractivity contribution in [1.29, 1.82) is 0 Å². The average molecular weight is 282 g/mol. The number of nitrogens with one attached hydrogen (secondary N) is 1. The Morgan fingerprint density at radius 1 is 1.19 bits per heavy atom. The number of pyridine rings is 1. The summed E-state index contributed by atoms with van der Waals surface area (Å²) in [5.74, 6) is -0.166. The highest BCUT2D eigenvalue weighted by atomic mass is 16.4. The van der Waals surface area contributed by atoms with Crippen LogP contribution in [0.2, 0.25) is 0 Å². The lowest BCUT2D eigenvalue weighted by molar-refractivity contribution is 0.104. The lowest BCUT2D eigenvalue weighted by Gasteiger charge is -2.01. The van der Waals surface area contributed by atoms with Gasteiger partial charge >= 0.3 is 6.09 Å². The molecule has 0 fully saturated rings. The smallest absolute Gasteiger partial charge is 0.409 e. The standard InChI is InChI=1S/C16H14N2O3/c1-11-3-2-10-17-15(11)14(19)9-6-12-4-7-13(8-5-12)18-16(20)21/h2-10,18H,1H3,(H,20,21)/b9-6+. The van der Waals surface area contributed by atoms with Gasteiger partial charge in [0.15, 0.2) is 0 Å². The molecule has 1 amide bonds. The molecular weight excluding hydrogens is 268 g/mol. The van der Waals surface area contributed by atoms with Crippen molar-refractivity contribution < 1.29 is 14.7 Å². The highest BCUT2D eigenvalue weighted by Crippen LogP contribution is 2.12. The van der Waals surface area contributed by atoms with Gasteiger partial charge in [-0.3, -0.25) is 15.1 Å². The molecule has 2 N–H and O–H groups in total. The molecule has 0 saturated heterocycles. The van der Waals surface area contributed by atoms with Gasteiger partial charge < -0.3 is 5.11 Å². The van der Waals surface area contributed by atoms with Crippen LogP contribution in [0.4, 0.5) is 10.5 Å². The Morgan fingerprint density at radius 3 is 2.52 bits per heavy atom. The fourth-order valence-corrected chi connectivity index (χ4v) is 1.80.